The van der Waals surface area contributed by atoms with Crippen molar-refractivity contribution in [2.45, 2.75) is 37.8 Å². The predicted molar refractivity (Wildman–Crippen MR) is 103 cm³/mol. The summed E-state index contributed by atoms with van der Waals surface area (Å²) < 4.78 is 0. The monoisotopic (exact) mass is 385 g/mol. The number of benzene rings is 2. The third-order valence-electron chi connectivity index (χ3n) is 4.85. The first kappa shape index (κ1) is 21.1. The molecule has 0 bridgehead atoms. The SMILES string of the molecule is CC(C)(c1ccc(-c2ccccc2)cc1)[C@H](C[C@@H](O)C(=O)O)NC(=O)C(=O)O. The predicted octanol–water partition coefficient (Wildman–Crippen LogP) is 2.04. The number of hydrogen-bond donors (Lipinski definition) is 4. The first-order valence-corrected chi connectivity index (χ1v) is 8.73. The molecular formula is C21H23NO6. The van der Waals surface area contributed by atoms with Crippen LogP contribution in [0.25, 0.3) is 11.1 Å². The van der Waals surface area contributed by atoms with Gasteiger partial charge in [-0.05, 0) is 16.7 Å². The Labute approximate surface area is 162 Å². The molecule has 2 atom stereocenters. The average molecular weight is 385 g/mol. The van der Waals surface area contributed by atoms with Crippen LogP contribution < -0.4 is 5.32 Å². The standard InChI is InChI=1S/C21H23NO6/c1-21(2,17(12-16(23)19(25)26)22-18(24)20(27)28)15-10-8-14(9-11-15)13-6-4-3-5-7-13/h3-11,16-17,23H,12H2,1-2H3,(H,22,24)(H,25,26)(H,27,28)/t16-,17+/m1/s1. The lowest BCUT2D eigenvalue weighted by Gasteiger charge is -2.36. The Bertz CT molecular complexity index is 845. The highest BCUT2D eigenvalue weighted by molar-refractivity contribution is 6.31. The molecule has 7 heteroatoms. The summed E-state index contributed by atoms with van der Waals surface area (Å²) in [5.41, 5.74) is 1.94. The van der Waals surface area contributed by atoms with Crippen molar-refractivity contribution < 1.29 is 29.7 Å². The summed E-state index contributed by atoms with van der Waals surface area (Å²) in [4.78, 5) is 33.7. The number of carbonyl (C=O) groups is 3. The summed E-state index contributed by atoms with van der Waals surface area (Å²) in [5, 5.41) is 30.0. The fourth-order valence-electron chi connectivity index (χ4n) is 3.00. The summed E-state index contributed by atoms with van der Waals surface area (Å²) in [7, 11) is 0. The minimum absolute atomic E-state index is 0.332. The van der Waals surface area contributed by atoms with Crippen molar-refractivity contribution in [3.05, 3.63) is 60.2 Å². The molecule has 1 amide bonds. The van der Waals surface area contributed by atoms with Crippen LogP contribution >= 0.6 is 0 Å². The first-order chi connectivity index (χ1) is 13.1. The van der Waals surface area contributed by atoms with E-state index in [0.717, 1.165) is 16.7 Å². The van der Waals surface area contributed by atoms with Crippen molar-refractivity contribution in [2.75, 3.05) is 0 Å². The highest BCUT2D eigenvalue weighted by Gasteiger charge is 2.36. The van der Waals surface area contributed by atoms with Crippen molar-refractivity contribution in [1.82, 2.24) is 5.32 Å². The van der Waals surface area contributed by atoms with Gasteiger partial charge < -0.3 is 20.6 Å². The molecule has 2 aromatic rings. The molecule has 0 fully saturated rings. The molecule has 4 N–H and O–H groups in total. The Morgan fingerprint density at radius 2 is 1.46 bits per heavy atom. The molecule has 148 valence electrons. The van der Waals surface area contributed by atoms with Gasteiger partial charge in [-0.25, -0.2) is 9.59 Å². The molecule has 0 aromatic heterocycles. The molecule has 0 aliphatic heterocycles. The lowest BCUT2D eigenvalue weighted by Crippen LogP contribution is -2.51. The van der Waals surface area contributed by atoms with Crippen molar-refractivity contribution in [1.29, 1.82) is 0 Å². The summed E-state index contributed by atoms with van der Waals surface area (Å²) in [6.45, 7) is 3.51. The minimum Gasteiger partial charge on any atom is -0.479 e. The van der Waals surface area contributed by atoms with E-state index in [1.807, 2.05) is 54.6 Å². The quantitative estimate of drug-likeness (QED) is 0.541. The Morgan fingerprint density at radius 1 is 0.929 bits per heavy atom. The highest BCUT2D eigenvalue weighted by Crippen LogP contribution is 2.31. The number of aliphatic carboxylic acids is 2. The zero-order valence-corrected chi connectivity index (χ0v) is 15.6. The van der Waals surface area contributed by atoms with Crippen LogP contribution in [0.5, 0.6) is 0 Å². The molecule has 2 rings (SSSR count). The van der Waals surface area contributed by atoms with Crippen molar-refractivity contribution in [3.8, 4) is 11.1 Å². The normalized spacial score (nSPS) is 13.4. The zero-order valence-electron chi connectivity index (χ0n) is 15.6. The van der Waals surface area contributed by atoms with Gasteiger partial charge in [0.25, 0.3) is 0 Å². The van der Waals surface area contributed by atoms with Crippen LogP contribution in [-0.4, -0.2) is 45.3 Å². The van der Waals surface area contributed by atoms with Gasteiger partial charge in [-0.15, -0.1) is 0 Å². The highest BCUT2D eigenvalue weighted by atomic mass is 16.4. The lowest BCUT2D eigenvalue weighted by molar-refractivity contribution is -0.151. The maximum Gasteiger partial charge on any atom is 0.394 e. The molecule has 0 saturated heterocycles. The van der Waals surface area contributed by atoms with Gasteiger partial charge in [0.05, 0.1) is 0 Å². The molecule has 7 nitrogen and oxygen atoms in total. The topological polar surface area (TPSA) is 124 Å². The van der Waals surface area contributed by atoms with Crippen LogP contribution in [0.1, 0.15) is 25.8 Å². The van der Waals surface area contributed by atoms with Crippen LogP contribution in [0.3, 0.4) is 0 Å². The van der Waals surface area contributed by atoms with Crippen molar-refractivity contribution >= 4 is 17.8 Å². The van der Waals surface area contributed by atoms with E-state index in [0.29, 0.717) is 0 Å². The molecule has 28 heavy (non-hydrogen) atoms. The molecule has 0 spiro atoms. The molecule has 0 saturated carbocycles. The molecule has 0 aliphatic rings. The summed E-state index contributed by atoms with van der Waals surface area (Å²) in [6.07, 6.45) is -2.07. The van der Waals surface area contributed by atoms with E-state index >= 15 is 0 Å². The molecule has 0 unspecified atom stereocenters. The van der Waals surface area contributed by atoms with Crippen LogP contribution in [0.15, 0.2) is 54.6 Å². The van der Waals surface area contributed by atoms with Crippen LogP contribution in [0.4, 0.5) is 0 Å². The van der Waals surface area contributed by atoms with Gasteiger partial charge in [0.2, 0.25) is 0 Å². The van der Waals surface area contributed by atoms with Crippen LogP contribution in [-0.2, 0) is 19.8 Å². The van der Waals surface area contributed by atoms with Gasteiger partial charge in [0.1, 0.15) is 0 Å². The molecule has 2 aromatic carbocycles. The third-order valence-corrected chi connectivity index (χ3v) is 4.85. The van der Waals surface area contributed by atoms with E-state index in [1.165, 1.54) is 0 Å². The molecule has 0 radical (unpaired) electrons. The molecule has 0 aliphatic carbocycles. The van der Waals surface area contributed by atoms with E-state index in [9.17, 15) is 19.5 Å². The third kappa shape index (κ3) is 4.95. The van der Waals surface area contributed by atoms with E-state index in [4.69, 9.17) is 10.2 Å². The van der Waals surface area contributed by atoms with Gasteiger partial charge in [-0.3, -0.25) is 4.79 Å². The fraction of sp³-hybridized carbons (Fsp3) is 0.286. The van der Waals surface area contributed by atoms with Crippen molar-refractivity contribution in [2.24, 2.45) is 0 Å². The maximum atomic E-state index is 11.7. The Kier molecular flexibility index (Phi) is 6.53. The maximum absolute atomic E-state index is 11.7. The number of carboxylic acids is 2. The van der Waals surface area contributed by atoms with Gasteiger partial charge >= 0.3 is 17.8 Å². The van der Waals surface area contributed by atoms with Gasteiger partial charge in [-0.2, -0.15) is 0 Å². The number of amides is 1. The largest absolute Gasteiger partial charge is 0.479 e. The number of carboxylic acid groups (broad SMARTS) is 2. The second-order valence-electron chi connectivity index (χ2n) is 7.09. The van der Waals surface area contributed by atoms with Crippen LogP contribution in [0.2, 0.25) is 0 Å². The zero-order chi connectivity index (χ0) is 20.9. The van der Waals surface area contributed by atoms with Gasteiger partial charge in [-0.1, -0.05) is 68.4 Å². The second-order valence-corrected chi connectivity index (χ2v) is 7.09. The first-order valence-electron chi connectivity index (χ1n) is 8.73. The number of hydrogen-bond acceptors (Lipinski definition) is 4. The Balaban J connectivity index is 2.32. The number of nitrogens with one attached hydrogen (secondary N) is 1. The Hall–Kier alpha value is -3.19. The molecular weight excluding hydrogens is 362 g/mol. The van der Waals surface area contributed by atoms with Crippen LogP contribution in [0, 0.1) is 0 Å². The van der Waals surface area contributed by atoms with E-state index in [-0.39, 0.29) is 6.42 Å². The second kappa shape index (κ2) is 8.67. The summed E-state index contributed by atoms with van der Waals surface area (Å²) in [6, 6.07) is 16.3. The van der Waals surface area contributed by atoms with E-state index in [1.54, 1.807) is 13.8 Å². The Morgan fingerprint density at radius 3 is 1.96 bits per heavy atom. The van der Waals surface area contributed by atoms with Crippen molar-refractivity contribution in [3.63, 3.8) is 0 Å². The van der Waals surface area contributed by atoms with Gasteiger partial charge in [0.15, 0.2) is 6.10 Å². The summed E-state index contributed by atoms with van der Waals surface area (Å²) >= 11 is 0. The average Bonchev–Trinajstić information content (AvgIpc) is 2.67. The number of aliphatic hydroxyl groups is 1. The van der Waals surface area contributed by atoms with E-state index in [2.05, 4.69) is 5.32 Å². The van der Waals surface area contributed by atoms with E-state index < -0.39 is 35.4 Å². The molecule has 0 heterocycles. The summed E-state index contributed by atoms with van der Waals surface area (Å²) in [5.74, 6) is -4.37. The number of carbonyl (C=O) groups excluding carboxylic acids is 1. The smallest absolute Gasteiger partial charge is 0.394 e. The minimum atomic E-state index is -1.73. The number of aliphatic hydroxyl groups excluding tert-OH is 1. The fourth-order valence-corrected chi connectivity index (χ4v) is 3.00. The number of rotatable bonds is 7. The van der Waals surface area contributed by atoms with Gasteiger partial charge in [0, 0.05) is 17.9 Å². The lowest BCUT2D eigenvalue weighted by atomic mass is 9.75.